The first kappa shape index (κ1) is 18.5. The highest BCUT2D eigenvalue weighted by Gasteiger charge is 2.27. The molecule has 1 aliphatic carbocycles. The van der Waals surface area contributed by atoms with Crippen molar-refractivity contribution < 1.29 is 9.53 Å². The van der Waals surface area contributed by atoms with E-state index in [2.05, 4.69) is 22.9 Å². The number of hydrogen-bond acceptors (Lipinski definition) is 4. The van der Waals surface area contributed by atoms with Crippen molar-refractivity contribution in [3.63, 3.8) is 0 Å². The van der Waals surface area contributed by atoms with Gasteiger partial charge in [0.25, 0.3) is 0 Å². The standard InChI is InChI=1S/C18H35N3O2/c1-13(14-9-11-19-12-10-14)20-15-5-7-16(8-6-15)21-17(22)23-18(2,3)4/h13-16,19-20H,5-12H2,1-4H3,(H,21,22). The van der Waals surface area contributed by atoms with Gasteiger partial charge in [-0.2, -0.15) is 0 Å². The van der Waals surface area contributed by atoms with Gasteiger partial charge in [-0.3, -0.25) is 0 Å². The first-order valence-electron chi connectivity index (χ1n) is 9.30. The van der Waals surface area contributed by atoms with Gasteiger partial charge < -0.3 is 20.7 Å². The summed E-state index contributed by atoms with van der Waals surface area (Å²) in [5, 5.41) is 10.3. The Hall–Kier alpha value is -0.810. The number of amides is 1. The Morgan fingerprint density at radius 1 is 1.04 bits per heavy atom. The molecule has 1 aliphatic heterocycles. The fraction of sp³-hybridized carbons (Fsp3) is 0.944. The van der Waals surface area contributed by atoms with Crippen molar-refractivity contribution in [2.24, 2.45) is 5.92 Å². The Morgan fingerprint density at radius 3 is 2.17 bits per heavy atom. The van der Waals surface area contributed by atoms with Crippen molar-refractivity contribution in [3.05, 3.63) is 0 Å². The monoisotopic (exact) mass is 325 g/mol. The quantitative estimate of drug-likeness (QED) is 0.744. The van der Waals surface area contributed by atoms with Crippen LogP contribution in [0.5, 0.6) is 0 Å². The van der Waals surface area contributed by atoms with Crippen LogP contribution in [-0.4, -0.2) is 42.9 Å². The average Bonchev–Trinajstić information content (AvgIpc) is 2.48. The predicted octanol–water partition coefficient (Wildman–Crippen LogP) is 2.80. The van der Waals surface area contributed by atoms with Crippen LogP contribution >= 0.6 is 0 Å². The van der Waals surface area contributed by atoms with Crippen LogP contribution in [0.2, 0.25) is 0 Å². The summed E-state index contributed by atoms with van der Waals surface area (Å²) in [6, 6.07) is 1.45. The maximum atomic E-state index is 11.8. The molecular formula is C18H35N3O2. The zero-order valence-corrected chi connectivity index (χ0v) is 15.3. The van der Waals surface area contributed by atoms with Crippen molar-refractivity contribution in [2.45, 2.75) is 89.9 Å². The van der Waals surface area contributed by atoms with Gasteiger partial charge in [-0.05, 0) is 85.2 Å². The molecular weight excluding hydrogens is 290 g/mol. The average molecular weight is 325 g/mol. The molecule has 0 bridgehead atoms. The summed E-state index contributed by atoms with van der Waals surface area (Å²) in [5.74, 6) is 0.800. The summed E-state index contributed by atoms with van der Waals surface area (Å²) in [5.41, 5.74) is -0.423. The molecule has 3 N–H and O–H groups in total. The third-order valence-electron chi connectivity index (χ3n) is 5.04. The first-order chi connectivity index (χ1) is 10.8. The lowest BCUT2D eigenvalue weighted by atomic mass is 9.87. The lowest BCUT2D eigenvalue weighted by Gasteiger charge is -2.35. The molecule has 1 saturated carbocycles. The number of hydrogen-bond donors (Lipinski definition) is 3. The van der Waals surface area contributed by atoms with E-state index in [9.17, 15) is 4.79 Å². The molecule has 1 amide bonds. The highest BCUT2D eigenvalue weighted by molar-refractivity contribution is 5.68. The Kier molecular flexibility index (Phi) is 6.72. The molecule has 1 saturated heterocycles. The molecule has 2 rings (SSSR count). The summed E-state index contributed by atoms with van der Waals surface area (Å²) < 4.78 is 5.34. The van der Waals surface area contributed by atoms with E-state index in [1.165, 1.54) is 12.8 Å². The fourth-order valence-electron chi connectivity index (χ4n) is 3.73. The third-order valence-corrected chi connectivity index (χ3v) is 5.04. The fourth-order valence-corrected chi connectivity index (χ4v) is 3.73. The normalized spacial score (nSPS) is 28.2. The number of alkyl carbamates (subject to hydrolysis) is 1. The van der Waals surface area contributed by atoms with Crippen molar-refractivity contribution in [2.75, 3.05) is 13.1 Å². The Labute approximate surface area is 141 Å². The molecule has 2 aliphatic rings. The molecule has 0 aromatic heterocycles. The minimum absolute atomic E-state index is 0.261. The Bertz CT molecular complexity index is 367. The molecule has 1 unspecified atom stereocenters. The number of rotatable bonds is 4. The van der Waals surface area contributed by atoms with E-state index in [1.807, 2.05) is 20.8 Å². The van der Waals surface area contributed by atoms with Gasteiger partial charge in [-0.15, -0.1) is 0 Å². The van der Waals surface area contributed by atoms with Gasteiger partial charge >= 0.3 is 6.09 Å². The van der Waals surface area contributed by atoms with Gasteiger partial charge in [0.1, 0.15) is 5.60 Å². The van der Waals surface area contributed by atoms with Crippen LogP contribution in [0.3, 0.4) is 0 Å². The second-order valence-electron chi connectivity index (χ2n) is 8.24. The lowest BCUT2D eigenvalue weighted by molar-refractivity contribution is 0.0488. The summed E-state index contributed by atoms with van der Waals surface area (Å²) in [6.07, 6.45) is 6.63. The van der Waals surface area contributed by atoms with Crippen LogP contribution in [0.4, 0.5) is 4.79 Å². The molecule has 134 valence electrons. The molecule has 0 aromatic rings. The van der Waals surface area contributed by atoms with E-state index in [-0.39, 0.29) is 12.1 Å². The van der Waals surface area contributed by atoms with Gasteiger partial charge in [-0.25, -0.2) is 4.79 Å². The second-order valence-corrected chi connectivity index (χ2v) is 8.24. The van der Waals surface area contributed by atoms with E-state index < -0.39 is 5.60 Å². The van der Waals surface area contributed by atoms with Gasteiger partial charge in [0.2, 0.25) is 0 Å². The van der Waals surface area contributed by atoms with Crippen molar-refractivity contribution in [3.8, 4) is 0 Å². The zero-order valence-electron chi connectivity index (χ0n) is 15.3. The van der Waals surface area contributed by atoms with Crippen LogP contribution < -0.4 is 16.0 Å². The maximum Gasteiger partial charge on any atom is 0.407 e. The van der Waals surface area contributed by atoms with Crippen LogP contribution in [-0.2, 0) is 4.74 Å². The number of carbonyl (C=O) groups is 1. The molecule has 1 heterocycles. The largest absolute Gasteiger partial charge is 0.444 e. The van der Waals surface area contributed by atoms with Gasteiger partial charge in [-0.1, -0.05) is 0 Å². The zero-order chi connectivity index (χ0) is 16.9. The minimum Gasteiger partial charge on any atom is -0.444 e. The van der Waals surface area contributed by atoms with E-state index in [0.29, 0.717) is 12.1 Å². The first-order valence-corrected chi connectivity index (χ1v) is 9.30. The van der Waals surface area contributed by atoms with E-state index in [4.69, 9.17) is 4.74 Å². The van der Waals surface area contributed by atoms with Crippen molar-refractivity contribution >= 4 is 6.09 Å². The second kappa shape index (κ2) is 8.34. The lowest BCUT2D eigenvalue weighted by Crippen LogP contribution is -2.48. The van der Waals surface area contributed by atoms with Crippen LogP contribution in [0, 0.1) is 5.92 Å². The summed E-state index contributed by atoms with van der Waals surface area (Å²) in [6.45, 7) is 10.3. The molecule has 0 aromatic carbocycles. The molecule has 0 spiro atoms. The van der Waals surface area contributed by atoms with Crippen molar-refractivity contribution in [1.29, 1.82) is 0 Å². The SMILES string of the molecule is CC(NC1CCC(NC(=O)OC(C)(C)C)CC1)C1CCNCC1. The maximum absolute atomic E-state index is 11.8. The van der Waals surface area contributed by atoms with E-state index in [1.54, 1.807) is 0 Å². The number of piperidine rings is 1. The molecule has 0 radical (unpaired) electrons. The molecule has 5 nitrogen and oxygen atoms in total. The minimum atomic E-state index is -0.423. The van der Waals surface area contributed by atoms with Gasteiger partial charge in [0.15, 0.2) is 0 Å². The Morgan fingerprint density at radius 2 is 1.61 bits per heavy atom. The van der Waals surface area contributed by atoms with E-state index >= 15 is 0 Å². The topological polar surface area (TPSA) is 62.4 Å². The van der Waals surface area contributed by atoms with Crippen LogP contribution in [0.25, 0.3) is 0 Å². The highest BCUT2D eigenvalue weighted by Crippen LogP contribution is 2.22. The molecule has 2 fully saturated rings. The van der Waals surface area contributed by atoms with Crippen molar-refractivity contribution in [1.82, 2.24) is 16.0 Å². The van der Waals surface area contributed by atoms with Gasteiger partial charge in [0.05, 0.1) is 0 Å². The summed E-state index contributed by atoms with van der Waals surface area (Å²) in [4.78, 5) is 11.8. The number of carbonyl (C=O) groups excluding carboxylic acids is 1. The molecule has 1 atom stereocenters. The van der Waals surface area contributed by atoms with Crippen LogP contribution in [0.15, 0.2) is 0 Å². The van der Waals surface area contributed by atoms with Gasteiger partial charge in [0, 0.05) is 18.1 Å². The summed E-state index contributed by atoms with van der Waals surface area (Å²) >= 11 is 0. The predicted molar refractivity (Wildman–Crippen MR) is 93.6 cm³/mol. The molecule has 5 heteroatoms. The third kappa shape index (κ3) is 6.68. The van der Waals surface area contributed by atoms with E-state index in [0.717, 1.165) is 44.7 Å². The highest BCUT2D eigenvalue weighted by atomic mass is 16.6. The molecule has 23 heavy (non-hydrogen) atoms. The number of nitrogens with one attached hydrogen (secondary N) is 3. The Balaban J connectivity index is 1.66. The summed E-state index contributed by atoms with van der Waals surface area (Å²) in [7, 11) is 0. The number of ether oxygens (including phenoxy) is 1. The van der Waals surface area contributed by atoms with Crippen LogP contribution in [0.1, 0.15) is 66.2 Å². The smallest absolute Gasteiger partial charge is 0.407 e.